The van der Waals surface area contributed by atoms with E-state index in [0.29, 0.717) is 0 Å². The average Bonchev–Trinajstić information content (AvgIpc) is 2.88. The van der Waals surface area contributed by atoms with Crippen molar-refractivity contribution < 1.29 is 0 Å². The molecule has 3 aromatic carbocycles. The molecule has 0 unspecified atom stereocenters. The van der Waals surface area contributed by atoms with Gasteiger partial charge in [-0.05, 0) is 52.6 Å². The largest absolute Gasteiger partial charge is 0.356 e. The summed E-state index contributed by atoms with van der Waals surface area (Å²) in [6, 6.07) is 25.4. The van der Waals surface area contributed by atoms with Crippen molar-refractivity contribution in [3.05, 3.63) is 108 Å². The summed E-state index contributed by atoms with van der Waals surface area (Å²) < 4.78 is 0. The average molecular weight is 309 g/mol. The normalized spacial score (nSPS) is 14.0. The molecule has 1 aliphatic rings. The molecule has 0 radical (unpaired) electrons. The van der Waals surface area contributed by atoms with E-state index < -0.39 is 0 Å². The summed E-state index contributed by atoms with van der Waals surface area (Å²) in [5.41, 5.74) is 4.77. The van der Waals surface area contributed by atoms with Crippen LogP contribution in [0.2, 0.25) is 0 Å². The highest BCUT2D eigenvalue weighted by molar-refractivity contribution is 5.88. The Morgan fingerprint density at radius 2 is 1.46 bits per heavy atom. The molecule has 3 aromatic rings. The molecule has 0 saturated heterocycles. The fourth-order valence-electron chi connectivity index (χ4n) is 2.99. The summed E-state index contributed by atoms with van der Waals surface area (Å²) in [7, 11) is 0. The lowest BCUT2D eigenvalue weighted by molar-refractivity contribution is 1.34. The number of rotatable bonds is 3. The van der Waals surface area contributed by atoms with Crippen molar-refractivity contribution in [2.45, 2.75) is 6.42 Å². The Morgan fingerprint density at radius 1 is 0.667 bits per heavy atom. The first-order chi connectivity index (χ1) is 11.9. The number of fused-ring (bicyclic) bond motifs is 1. The molecule has 1 aliphatic carbocycles. The predicted octanol–water partition coefficient (Wildman–Crippen LogP) is 6.18. The Morgan fingerprint density at radius 3 is 2.33 bits per heavy atom. The van der Waals surface area contributed by atoms with Gasteiger partial charge >= 0.3 is 0 Å². The number of nitrogens with one attached hydrogen (secondary N) is 1. The molecule has 0 spiro atoms. The van der Waals surface area contributed by atoms with Crippen LogP contribution >= 0.6 is 0 Å². The standard InChI is InChI=1S/C23H19N/c1-2-10-22(11-3-1)24-23-12-6-9-19(15-16-23)21-14-13-18-7-4-5-8-20(18)17-21/h1-5,7-17,24H,6H2. The highest BCUT2D eigenvalue weighted by Gasteiger charge is 2.03. The van der Waals surface area contributed by atoms with Gasteiger partial charge in [-0.1, -0.05) is 72.8 Å². The lowest BCUT2D eigenvalue weighted by Gasteiger charge is -2.06. The quantitative estimate of drug-likeness (QED) is 0.609. The highest BCUT2D eigenvalue weighted by Crippen LogP contribution is 2.25. The number of anilines is 1. The number of hydrogen-bond donors (Lipinski definition) is 1. The van der Waals surface area contributed by atoms with E-state index in [0.717, 1.165) is 17.8 Å². The van der Waals surface area contributed by atoms with Crippen LogP contribution in [0.5, 0.6) is 0 Å². The van der Waals surface area contributed by atoms with Gasteiger partial charge in [0.15, 0.2) is 0 Å². The van der Waals surface area contributed by atoms with Gasteiger partial charge in [0.2, 0.25) is 0 Å². The summed E-state index contributed by atoms with van der Waals surface area (Å²) in [5, 5.41) is 6.03. The minimum absolute atomic E-state index is 0.921. The van der Waals surface area contributed by atoms with Crippen LogP contribution in [-0.4, -0.2) is 0 Å². The molecule has 0 amide bonds. The Labute approximate surface area is 142 Å². The maximum atomic E-state index is 3.46. The van der Waals surface area contributed by atoms with Crippen molar-refractivity contribution >= 4 is 22.0 Å². The van der Waals surface area contributed by atoms with Crippen LogP contribution in [0.4, 0.5) is 5.69 Å². The number of hydrogen-bond acceptors (Lipinski definition) is 1. The molecule has 0 heterocycles. The van der Waals surface area contributed by atoms with Crippen LogP contribution in [0.25, 0.3) is 16.3 Å². The van der Waals surface area contributed by atoms with Crippen molar-refractivity contribution in [2.24, 2.45) is 0 Å². The van der Waals surface area contributed by atoms with Gasteiger partial charge in [0, 0.05) is 11.4 Å². The molecule has 1 nitrogen and oxygen atoms in total. The predicted molar refractivity (Wildman–Crippen MR) is 104 cm³/mol. The molecule has 0 aromatic heterocycles. The summed E-state index contributed by atoms with van der Waals surface area (Å²) in [4.78, 5) is 0. The maximum Gasteiger partial charge on any atom is 0.0384 e. The first-order valence-electron chi connectivity index (χ1n) is 8.28. The second kappa shape index (κ2) is 6.59. The van der Waals surface area contributed by atoms with Gasteiger partial charge < -0.3 is 5.32 Å². The third kappa shape index (κ3) is 3.16. The van der Waals surface area contributed by atoms with Gasteiger partial charge in [-0.3, -0.25) is 0 Å². The van der Waals surface area contributed by atoms with Crippen molar-refractivity contribution in [2.75, 3.05) is 5.32 Å². The van der Waals surface area contributed by atoms with E-state index in [1.54, 1.807) is 0 Å². The van der Waals surface area contributed by atoms with E-state index in [4.69, 9.17) is 0 Å². The third-order valence-electron chi connectivity index (χ3n) is 4.26. The molecular weight excluding hydrogens is 290 g/mol. The molecule has 0 atom stereocenters. The van der Waals surface area contributed by atoms with E-state index >= 15 is 0 Å². The first-order valence-corrected chi connectivity index (χ1v) is 8.28. The van der Waals surface area contributed by atoms with E-state index in [1.807, 2.05) is 18.2 Å². The number of allylic oxidation sites excluding steroid dienone is 5. The van der Waals surface area contributed by atoms with Gasteiger partial charge in [-0.15, -0.1) is 0 Å². The van der Waals surface area contributed by atoms with E-state index in [-0.39, 0.29) is 0 Å². The molecule has 1 N–H and O–H groups in total. The lowest BCUT2D eigenvalue weighted by Crippen LogP contribution is -1.95. The van der Waals surface area contributed by atoms with Gasteiger partial charge in [0.25, 0.3) is 0 Å². The Bertz CT molecular complexity index is 946. The second-order valence-electron chi connectivity index (χ2n) is 5.94. The molecule has 0 saturated carbocycles. The van der Waals surface area contributed by atoms with Gasteiger partial charge in [0.05, 0.1) is 0 Å². The minimum Gasteiger partial charge on any atom is -0.356 e. The molecule has 0 aliphatic heterocycles. The molecule has 4 rings (SSSR count). The molecule has 116 valence electrons. The van der Waals surface area contributed by atoms with Gasteiger partial charge in [-0.2, -0.15) is 0 Å². The molecule has 24 heavy (non-hydrogen) atoms. The van der Waals surface area contributed by atoms with Crippen LogP contribution in [0, 0.1) is 0 Å². The van der Waals surface area contributed by atoms with Crippen molar-refractivity contribution in [3.8, 4) is 0 Å². The summed E-state index contributed by atoms with van der Waals surface area (Å²) in [6.07, 6.45) is 9.77. The van der Waals surface area contributed by atoms with Gasteiger partial charge in [0.1, 0.15) is 0 Å². The van der Waals surface area contributed by atoms with Crippen molar-refractivity contribution in [3.63, 3.8) is 0 Å². The van der Waals surface area contributed by atoms with E-state index in [2.05, 4.69) is 84.2 Å². The summed E-state index contributed by atoms with van der Waals surface area (Å²) in [5.74, 6) is 0. The van der Waals surface area contributed by atoms with Gasteiger partial charge in [-0.25, -0.2) is 0 Å². The zero-order chi connectivity index (χ0) is 16.2. The zero-order valence-corrected chi connectivity index (χ0v) is 13.4. The zero-order valence-electron chi connectivity index (χ0n) is 13.4. The van der Waals surface area contributed by atoms with Crippen LogP contribution in [0.3, 0.4) is 0 Å². The minimum atomic E-state index is 0.921. The van der Waals surface area contributed by atoms with Crippen molar-refractivity contribution in [1.82, 2.24) is 0 Å². The second-order valence-corrected chi connectivity index (χ2v) is 5.94. The molecule has 0 fully saturated rings. The topological polar surface area (TPSA) is 12.0 Å². The first kappa shape index (κ1) is 14.5. The van der Waals surface area contributed by atoms with Crippen LogP contribution in [0.1, 0.15) is 12.0 Å². The lowest BCUT2D eigenvalue weighted by atomic mass is 10.0. The number of para-hydroxylation sites is 1. The maximum absolute atomic E-state index is 3.46. The van der Waals surface area contributed by atoms with Crippen LogP contribution < -0.4 is 5.32 Å². The fraction of sp³-hybridized carbons (Fsp3) is 0.0435. The molecule has 1 heteroatoms. The molecular formula is C23H19N. The summed E-state index contributed by atoms with van der Waals surface area (Å²) in [6.45, 7) is 0. The van der Waals surface area contributed by atoms with E-state index in [9.17, 15) is 0 Å². The Hall–Kier alpha value is -3.06. The third-order valence-corrected chi connectivity index (χ3v) is 4.26. The van der Waals surface area contributed by atoms with Crippen LogP contribution in [-0.2, 0) is 0 Å². The number of benzene rings is 3. The smallest absolute Gasteiger partial charge is 0.0384 e. The Balaban J connectivity index is 1.57. The molecule has 0 bridgehead atoms. The van der Waals surface area contributed by atoms with E-state index in [1.165, 1.54) is 21.9 Å². The summed E-state index contributed by atoms with van der Waals surface area (Å²) >= 11 is 0. The SMILES string of the molecule is C1=CC(c2ccc3ccccc3c2)=CCC=C1Nc1ccccc1. The Kier molecular flexibility index (Phi) is 3.99. The van der Waals surface area contributed by atoms with Crippen LogP contribution in [0.15, 0.2) is 103 Å². The fourth-order valence-corrected chi connectivity index (χ4v) is 2.99. The van der Waals surface area contributed by atoms with Crippen molar-refractivity contribution in [1.29, 1.82) is 0 Å². The monoisotopic (exact) mass is 309 g/mol. The highest BCUT2D eigenvalue weighted by atomic mass is 14.9.